The number of carboxylic acid groups (broad SMARTS) is 1. The molecule has 0 radical (unpaired) electrons. The molecule has 7 nitrogen and oxygen atoms in total. The molecule has 0 saturated carbocycles. The molecule has 3 N–H and O–H groups in total. The Bertz CT molecular complexity index is 371. The van der Waals surface area contributed by atoms with Crippen molar-refractivity contribution in [3.8, 4) is 0 Å². The lowest BCUT2D eigenvalue weighted by Crippen LogP contribution is -2.57. The Kier molecular flexibility index (Phi) is 4.15. The van der Waals surface area contributed by atoms with Gasteiger partial charge in [-0.15, -0.1) is 0 Å². The standard InChI is InChI=1S/C11H19N3O4/c1-7(8(15)12-3)13-10(18)14-6-4-5-11(14,2)9(16)17/h7H,4-6H2,1-3H3,(H,12,15)(H,13,18)(H,16,17). The van der Waals surface area contributed by atoms with E-state index in [4.69, 9.17) is 0 Å². The van der Waals surface area contributed by atoms with Gasteiger partial charge in [0.25, 0.3) is 0 Å². The van der Waals surface area contributed by atoms with Crippen molar-refractivity contribution in [2.24, 2.45) is 0 Å². The zero-order valence-corrected chi connectivity index (χ0v) is 10.8. The van der Waals surface area contributed by atoms with Crippen molar-refractivity contribution in [1.29, 1.82) is 0 Å². The van der Waals surface area contributed by atoms with Crippen LogP contribution in [0.1, 0.15) is 26.7 Å². The number of nitrogens with zero attached hydrogens (tertiary/aromatic N) is 1. The second-order valence-corrected chi connectivity index (χ2v) is 4.62. The van der Waals surface area contributed by atoms with Crippen molar-refractivity contribution >= 4 is 17.9 Å². The van der Waals surface area contributed by atoms with Crippen LogP contribution in [0.15, 0.2) is 0 Å². The molecule has 1 fully saturated rings. The van der Waals surface area contributed by atoms with Gasteiger partial charge >= 0.3 is 12.0 Å². The van der Waals surface area contributed by atoms with E-state index in [1.807, 2.05) is 0 Å². The topological polar surface area (TPSA) is 98.7 Å². The predicted molar refractivity (Wildman–Crippen MR) is 64.0 cm³/mol. The summed E-state index contributed by atoms with van der Waals surface area (Å²) >= 11 is 0. The SMILES string of the molecule is CNC(=O)C(C)NC(=O)N1CCCC1(C)C(=O)O. The minimum absolute atomic E-state index is 0.320. The Morgan fingerprint density at radius 2 is 2.00 bits per heavy atom. The van der Waals surface area contributed by atoms with Gasteiger partial charge in [-0.05, 0) is 26.7 Å². The van der Waals surface area contributed by atoms with Gasteiger partial charge in [0.05, 0.1) is 0 Å². The van der Waals surface area contributed by atoms with E-state index in [1.165, 1.54) is 18.9 Å². The van der Waals surface area contributed by atoms with Crippen LogP contribution in [0.2, 0.25) is 0 Å². The lowest BCUT2D eigenvalue weighted by molar-refractivity contribution is -0.147. The van der Waals surface area contributed by atoms with Crippen LogP contribution in [-0.4, -0.2) is 53.1 Å². The molecule has 3 amide bonds. The van der Waals surface area contributed by atoms with E-state index in [-0.39, 0.29) is 5.91 Å². The van der Waals surface area contributed by atoms with Gasteiger partial charge in [-0.2, -0.15) is 0 Å². The summed E-state index contributed by atoms with van der Waals surface area (Å²) in [6.07, 6.45) is 1.06. The highest BCUT2D eigenvalue weighted by atomic mass is 16.4. The summed E-state index contributed by atoms with van der Waals surface area (Å²) < 4.78 is 0. The minimum atomic E-state index is -1.19. The molecule has 7 heteroatoms. The number of hydrogen-bond donors (Lipinski definition) is 3. The highest BCUT2D eigenvalue weighted by molar-refractivity contribution is 5.90. The van der Waals surface area contributed by atoms with Crippen molar-refractivity contribution < 1.29 is 19.5 Å². The highest BCUT2D eigenvalue weighted by Crippen LogP contribution is 2.29. The zero-order valence-electron chi connectivity index (χ0n) is 10.8. The molecule has 1 aliphatic rings. The van der Waals surface area contributed by atoms with Crippen LogP contribution >= 0.6 is 0 Å². The van der Waals surface area contributed by atoms with Crippen LogP contribution in [-0.2, 0) is 9.59 Å². The van der Waals surface area contributed by atoms with E-state index >= 15 is 0 Å². The van der Waals surface area contributed by atoms with Crippen LogP contribution in [0.3, 0.4) is 0 Å². The van der Waals surface area contributed by atoms with Gasteiger partial charge in [0.15, 0.2) is 0 Å². The van der Waals surface area contributed by atoms with E-state index in [1.54, 1.807) is 6.92 Å². The fourth-order valence-electron chi connectivity index (χ4n) is 2.06. The molecule has 0 aromatic carbocycles. The maximum Gasteiger partial charge on any atom is 0.329 e. The number of aliphatic carboxylic acids is 1. The van der Waals surface area contributed by atoms with Crippen LogP contribution < -0.4 is 10.6 Å². The first-order chi connectivity index (χ1) is 8.32. The number of carbonyl (C=O) groups excluding carboxylic acids is 2. The maximum absolute atomic E-state index is 12.0. The summed E-state index contributed by atoms with van der Waals surface area (Å²) in [6, 6.07) is -1.21. The third kappa shape index (κ3) is 2.55. The minimum Gasteiger partial charge on any atom is -0.480 e. The second kappa shape index (κ2) is 5.24. The Morgan fingerprint density at radius 1 is 1.39 bits per heavy atom. The van der Waals surface area contributed by atoms with Crippen LogP contribution in [0.4, 0.5) is 4.79 Å². The van der Waals surface area contributed by atoms with Gasteiger partial charge in [-0.1, -0.05) is 0 Å². The molecule has 1 rings (SSSR count). The average Bonchev–Trinajstić information content (AvgIpc) is 2.71. The molecule has 1 saturated heterocycles. The summed E-state index contributed by atoms with van der Waals surface area (Å²) in [5, 5.41) is 14.1. The number of nitrogens with one attached hydrogen (secondary N) is 2. The van der Waals surface area contributed by atoms with Gasteiger partial charge < -0.3 is 20.6 Å². The van der Waals surface area contributed by atoms with E-state index in [9.17, 15) is 19.5 Å². The Labute approximate surface area is 106 Å². The number of likely N-dealkylation sites (N-methyl/N-ethyl adjacent to an activating group) is 1. The molecule has 18 heavy (non-hydrogen) atoms. The van der Waals surface area contributed by atoms with Crippen molar-refractivity contribution in [3.63, 3.8) is 0 Å². The third-order valence-electron chi connectivity index (χ3n) is 3.33. The van der Waals surface area contributed by atoms with Gasteiger partial charge in [0.2, 0.25) is 5.91 Å². The van der Waals surface area contributed by atoms with Crippen LogP contribution in [0.5, 0.6) is 0 Å². The number of likely N-dealkylation sites (tertiary alicyclic amines) is 1. The molecule has 0 aromatic rings. The van der Waals surface area contributed by atoms with Crippen molar-refractivity contribution in [2.75, 3.05) is 13.6 Å². The molecule has 1 heterocycles. The fourth-order valence-corrected chi connectivity index (χ4v) is 2.06. The van der Waals surface area contributed by atoms with Gasteiger partial charge in [0, 0.05) is 13.6 Å². The fraction of sp³-hybridized carbons (Fsp3) is 0.727. The summed E-state index contributed by atoms with van der Waals surface area (Å²) in [5.74, 6) is -1.35. The van der Waals surface area contributed by atoms with Gasteiger partial charge in [-0.25, -0.2) is 9.59 Å². The van der Waals surface area contributed by atoms with E-state index in [0.29, 0.717) is 19.4 Å². The first-order valence-corrected chi connectivity index (χ1v) is 5.86. The first kappa shape index (κ1) is 14.3. The molecular formula is C11H19N3O4. The molecule has 2 atom stereocenters. The molecular weight excluding hydrogens is 238 g/mol. The summed E-state index contributed by atoms with van der Waals surface area (Å²) in [6.45, 7) is 3.45. The highest BCUT2D eigenvalue weighted by Gasteiger charge is 2.46. The quantitative estimate of drug-likeness (QED) is 0.650. The van der Waals surface area contributed by atoms with Gasteiger partial charge in [0.1, 0.15) is 11.6 Å². The average molecular weight is 257 g/mol. The molecule has 0 spiro atoms. The van der Waals surface area contributed by atoms with Crippen LogP contribution in [0, 0.1) is 0 Å². The third-order valence-corrected chi connectivity index (χ3v) is 3.33. The van der Waals surface area contributed by atoms with E-state index < -0.39 is 23.6 Å². The predicted octanol–water partition coefficient (Wildman–Crippen LogP) is -0.230. The smallest absolute Gasteiger partial charge is 0.329 e. The van der Waals surface area contributed by atoms with Crippen molar-refractivity contribution in [2.45, 2.75) is 38.3 Å². The lowest BCUT2D eigenvalue weighted by Gasteiger charge is -2.32. The molecule has 0 aliphatic carbocycles. The summed E-state index contributed by atoms with van der Waals surface area (Å²) in [4.78, 5) is 35.8. The van der Waals surface area contributed by atoms with Crippen molar-refractivity contribution in [1.82, 2.24) is 15.5 Å². The Morgan fingerprint density at radius 3 is 2.50 bits per heavy atom. The van der Waals surface area contributed by atoms with Crippen molar-refractivity contribution in [3.05, 3.63) is 0 Å². The summed E-state index contributed by atoms with van der Waals surface area (Å²) in [5.41, 5.74) is -1.19. The van der Waals surface area contributed by atoms with Gasteiger partial charge in [-0.3, -0.25) is 4.79 Å². The number of rotatable bonds is 3. The van der Waals surface area contributed by atoms with E-state index in [2.05, 4.69) is 10.6 Å². The molecule has 0 aromatic heterocycles. The number of amides is 3. The number of urea groups is 1. The first-order valence-electron chi connectivity index (χ1n) is 5.86. The van der Waals surface area contributed by atoms with Crippen LogP contribution in [0.25, 0.3) is 0 Å². The molecule has 0 bridgehead atoms. The monoisotopic (exact) mass is 257 g/mol. The summed E-state index contributed by atoms with van der Waals surface area (Å²) in [7, 11) is 1.47. The number of carboxylic acids is 1. The molecule has 102 valence electrons. The van der Waals surface area contributed by atoms with E-state index in [0.717, 1.165) is 0 Å². The Hall–Kier alpha value is -1.79. The second-order valence-electron chi connectivity index (χ2n) is 4.62. The lowest BCUT2D eigenvalue weighted by atomic mass is 10.00. The maximum atomic E-state index is 12.0. The molecule has 2 unspecified atom stereocenters. The normalized spacial score (nSPS) is 24.5. The molecule has 1 aliphatic heterocycles. The number of hydrogen-bond acceptors (Lipinski definition) is 3. The number of carbonyl (C=O) groups is 3. The largest absolute Gasteiger partial charge is 0.480 e. The zero-order chi connectivity index (χ0) is 13.9. The Balaban J connectivity index is 2.72.